The van der Waals surface area contributed by atoms with Crippen molar-refractivity contribution in [2.45, 2.75) is 44.1 Å². The van der Waals surface area contributed by atoms with Crippen LogP contribution in [0.2, 0.25) is 5.02 Å². The van der Waals surface area contributed by atoms with Gasteiger partial charge in [0.2, 0.25) is 17.6 Å². The van der Waals surface area contributed by atoms with Gasteiger partial charge in [-0.05, 0) is 42.1 Å². The Hall–Kier alpha value is -3.13. The summed E-state index contributed by atoms with van der Waals surface area (Å²) >= 11 is 5.69. The van der Waals surface area contributed by atoms with Crippen LogP contribution in [0.3, 0.4) is 0 Å². The van der Waals surface area contributed by atoms with Crippen LogP contribution in [0.4, 0.5) is 8.78 Å². The van der Waals surface area contributed by atoms with Crippen molar-refractivity contribution >= 4 is 35.1 Å². The van der Waals surface area contributed by atoms with Gasteiger partial charge >= 0.3 is 5.92 Å². The van der Waals surface area contributed by atoms with E-state index in [1.165, 1.54) is 0 Å². The first-order valence-corrected chi connectivity index (χ1v) is 9.87. The first kappa shape index (κ1) is 15.6. The van der Waals surface area contributed by atoms with Gasteiger partial charge in [-0.3, -0.25) is 24.5 Å². The number of aryl methyl sites for hydroxylation is 1. The van der Waals surface area contributed by atoms with Gasteiger partial charge in [-0.1, -0.05) is 35.8 Å². The lowest BCUT2D eigenvalue weighted by Crippen LogP contribution is -2.52. The summed E-state index contributed by atoms with van der Waals surface area (Å²) in [5.41, 5.74) is -2.62. The largest absolute Gasteiger partial charge is 0.330 e. The summed E-state index contributed by atoms with van der Waals surface area (Å²) in [6, 6.07) is 1.64. The van der Waals surface area contributed by atoms with Crippen molar-refractivity contribution in [1.82, 2.24) is 10.2 Å². The standard InChI is InChI=1S/C23H19ClF2N2O4/c24-16-5-3-15(4-6-16)23(25,26)19(29)9-2-13-1-7-17-14(11-13)12-28(22(17)32)18-8-10-20(30)27-21(18)31/h1,3-7,11,18H,2,8-10,12H2,(H,27,30,31)/i1D,2D2,7D,12D2. The first-order valence-electron chi connectivity index (χ1n) is 12.5. The summed E-state index contributed by atoms with van der Waals surface area (Å²) in [6.07, 6.45) is -4.77. The van der Waals surface area contributed by atoms with Gasteiger partial charge in [0.1, 0.15) is 6.04 Å². The second-order valence-corrected chi connectivity index (χ2v) is 7.64. The Morgan fingerprint density at radius 1 is 1.28 bits per heavy atom. The van der Waals surface area contributed by atoms with Crippen molar-refractivity contribution in [2.24, 2.45) is 0 Å². The fraction of sp³-hybridized carbons (Fsp3) is 0.304. The van der Waals surface area contributed by atoms with E-state index in [1.54, 1.807) is 0 Å². The van der Waals surface area contributed by atoms with Gasteiger partial charge in [0.25, 0.3) is 5.91 Å². The Balaban J connectivity index is 1.72. The molecule has 1 atom stereocenters. The number of ketones is 1. The number of Topliss-reactive ketones (excluding diaryl/α,β-unsaturated/α-hetero) is 1. The van der Waals surface area contributed by atoms with E-state index in [9.17, 15) is 28.0 Å². The molecule has 0 aliphatic carbocycles. The quantitative estimate of drug-likeness (QED) is 0.661. The highest BCUT2D eigenvalue weighted by atomic mass is 35.5. The summed E-state index contributed by atoms with van der Waals surface area (Å²) in [6.45, 7) is -2.78. The van der Waals surface area contributed by atoms with Gasteiger partial charge < -0.3 is 4.90 Å². The number of benzene rings is 2. The number of halogens is 3. The average Bonchev–Trinajstić information content (AvgIpc) is 3.01. The number of nitrogens with one attached hydrogen (secondary N) is 1. The maximum Gasteiger partial charge on any atom is 0.330 e. The molecule has 0 aromatic heterocycles. The summed E-state index contributed by atoms with van der Waals surface area (Å²) in [4.78, 5) is 50.0. The molecule has 1 unspecified atom stereocenters. The molecule has 166 valence electrons. The van der Waals surface area contributed by atoms with Crippen LogP contribution in [0.15, 0.2) is 42.4 Å². The van der Waals surface area contributed by atoms with Crippen molar-refractivity contribution in [2.75, 3.05) is 0 Å². The smallest absolute Gasteiger partial charge is 0.322 e. The summed E-state index contributed by atoms with van der Waals surface area (Å²) in [5.74, 6) is -8.61. The Kier molecular flexibility index (Phi) is 4.12. The van der Waals surface area contributed by atoms with Crippen molar-refractivity contribution < 1.29 is 36.2 Å². The zero-order valence-corrected chi connectivity index (χ0v) is 17.1. The molecule has 3 amide bonds. The molecular weight excluding hydrogens is 442 g/mol. The number of carbonyl (C=O) groups excluding carboxylic acids is 4. The van der Waals surface area contributed by atoms with E-state index in [1.807, 2.05) is 5.32 Å². The fourth-order valence-corrected chi connectivity index (χ4v) is 3.48. The maximum atomic E-state index is 14.8. The third-order valence-corrected chi connectivity index (χ3v) is 5.32. The summed E-state index contributed by atoms with van der Waals surface area (Å²) < 4.78 is 79.8. The normalized spacial score (nSPS) is 23.3. The highest BCUT2D eigenvalue weighted by molar-refractivity contribution is 6.30. The van der Waals surface area contributed by atoms with E-state index in [0.29, 0.717) is 4.90 Å². The molecule has 1 fully saturated rings. The topological polar surface area (TPSA) is 83.6 Å². The van der Waals surface area contributed by atoms with Crippen molar-refractivity contribution in [3.63, 3.8) is 0 Å². The molecule has 9 heteroatoms. The number of imide groups is 1. The number of fused-ring (bicyclic) bond motifs is 1. The predicted molar refractivity (Wildman–Crippen MR) is 111 cm³/mol. The van der Waals surface area contributed by atoms with Crippen molar-refractivity contribution in [3.8, 4) is 0 Å². The molecule has 2 aromatic carbocycles. The van der Waals surface area contributed by atoms with Crippen molar-refractivity contribution in [1.29, 1.82) is 0 Å². The molecule has 0 bridgehead atoms. The third kappa shape index (κ3) is 4.14. The van der Waals surface area contributed by atoms with Gasteiger partial charge in [0.15, 0.2) is 0 Å². The van der Waals surface area contributed by atoms with Crippen LogP contribution >= 0.6 is 11.6 Å². The summed E-state index contributed by atoms with van der Waals surface area (Å²) in [7, 11) is 0. The van der Waals surface area contributed by atoms with Crippen LogP contribution in [0, 0.1) is 0 Å². The van der Waals surface area contributed by atoms with Gasteiger partial charge in [-0.15, -0.1) is 0 Å². The van der Waals surface area contributed by atoms with E-state index in [2.05, 4.69) is 0 Å². The minimum Gasteiger partial charge on any atom is -0.322 e. The molecule has 0 saturated carbocycles. The molecule has 32 heavy (non-hydrogen) atoms. The van der Waals surface area contributed by atoms with E-state index in [4.69, 9.17) is 19.8 Å². The molecule has 1 saturated heterocycles. The highest BCUT2D eigenvalue weighted by Crippen LogP contribution is 2.32. The van der Waals surface area contributed by atoms with E-state index in [0.717, 1.165) is 30.3 Å². The molecule has 6 nitrogen and oxygen atoms in total. The van der Waals surface area contributed by atoms with Crippen LogP contribution in [0.5, 0.6) is 0 Å². The second-order valence-electron chi connectivity index (χ2n) is 7.21. The molecule has 2 aliphatic heterocycles. The number of hydrogen-bond donors (Lipinski definition) is 1. The average molecular weight is 467 g/mol. The fourth-order valence-electron chi connectivity index (χ4n) is 3.36. The summed E-state index contributed by atoms with van der Waals surface area (Å²) in [5, 5.41) is 2.15. The molecule has 2 aromatic rings. The van der Waals surface area contributed by atoms with Crippen molar-refractivity contribution in [3.05, 3.63) is 69.7 Å². The van der Waals surface area contributed by atoms with Gasteiger partial charge in [-0.25, -0.2) is 0 Å². The Morgan fingerprint density at radius 2 is 2.00 bits per heavy atom. The van der Waals surface area contributed by atoms with Gasteiger partial charge in [0.05, 0.1) is 5.48 Å². The number of nitrogens with zero attached hydrogens (tertiary/aromatic N) is 1. The monoisotopic (exact) mass is 466 g/mol. The number of amides is 3. The molecule has 1 N–H and O–H groups in total. The lowest BCUT2D eigenvalue weighted by Gasteiger charge is -2.29. The number of hydrogen-bond acceptors (Lipinski definition) is 4. The van der Waals surface area contributed by atoms with Crippen LogP contribution < -0.4 is 5.32 Å². The Labute approximate surface area is 196 Å². The maximum absolute atomic E-state index is 14.8. The van der Waals surface area contributed by atoms with Crippen LogP contribution in [0.25, 0.3) is 0 Å². The zero-order chi connectivity index (χ0) is 28.4. The van der Waals surface area contributed by atoms with Crippen LogP contribution in [-0.4, -0.2) is 34.4 Å². The Morgan fingerprint density at radius 3 is 2.69 bits per heavy atom. The van der Waals surface area contributed by atoms with E-state index < -0.39 is 89.1 Å². The minimum atomic E-state index is -4.12. The number of rotatable bonds is 6. The predicted octanol–water partition coefficient (Wildman–Crippen LogP) is 3.39. The minimum absolute atomic E-state index is 0.141. The first-order chi connectivity index (χ1) is 17.5. The number of alkyl halides is 2. The van der Waals surface area contributed by atoms with Gasteiger partial charge in [-0.2, -0.15) is 8.78 Å². The highest BCUT2D eigenvalue weighted by Gasteiger charge is 2.41. The lowest BCUT2D eigenvalue weighted by molar-refractivity contribution is -0.144. The molecule has 2 aliphatic rings. The number of carbonyl (C=O) groups is 4. The molecular formula is C23H19ClF2N2O4. The second kappa shape index (κ2) is 8.43. The zero-order valence-electron chi connectivity index (χ0n) is 22.3. The number of piperidine rings is 1. The van der Waals surface area contributed by atoms with Crippen LogP contribution in [0.1, 0.15) is 54.5 Å². The lowest BCUT2D eigenvalue weighted by atomic mass is 9.97. The molecule has 2 heterocycles. The molecule has 0 radical (unpaired) electrons. The molecule has 4 rings (SSSR count). The van der Waals surface area contributed by atoms with E-state index >= 15 is 0 Å². The SMILES string of the molecule is [2H]c1c(C([2H])([2H])CC(=O)C(F)(F)c2ccc(Cl)cc2)cc2c(c1[2H])C(=O)N(C1CCC(=O)NC1=O)C2([2H])[2H]. The van der Waals surface area contributed by atoms with Gasteiger partial charge in [0, 0.05) is 38.2 Å². The van der Waals surface area contributed by atoms with Crippen LogP contribution in [-0.2, 0) is 33.2 Å². The Bertz CT molecular complexity index is 1390. The van der Waals surface area contributed by atoms with E-state index in [-0.39, 0.29) is 17.9 Å². The third-order valence-electron chi connectivity index (χ3n) is 5.07. The molecule has 0 spiro atoms.